The number of fused-ring (bicyclic) bond motifs is 1. The van der Waals surface area contributed by atoms with Crippen LogP contribution in [-0.4, -0.2) is 78.4 Å². The van der Waals surface area contributed by atoms with Crippen LogP contribution in [0, 0.1) is 0 Å². The number of hydrogen-bond donors (Lipinski definition) is 1. The molecule has 2 aliphatic rings. The molecule has 2 aromatic heterocycles. The number of pyridine rings is 1. The molecule has 0 aliphatic carbocycles. The molecule has 2 aliphatic heterocycles. The van der Waals surface area contributed by atoms with E-state index in [2.05, 4.69) is 24.5 Å². The Morgan fingerprint density at radius 1 is 1.25 bits per heavy atom. The average Bonchev–Trinajstić information content (AvgIpc) is 3.26. The summed E-state index contributed by atoms with van der Waals surface area (Å²) in [6.07, 6.45) is 3.81. The highest BCUT2D eigenvalue weighted by atomic mass is 19.3. The number of piperazine rings is 1. The molecule has 2 saturated heterocycles. The van der Waals surface area contributed by atoms with Crippen molar-refractivity contribution in [3.8, 4) is 17.0 Å². The second-order valence-corrected chi connectivity index (χ2v) is 7.94. The fourth-order valence-electron chi connectivity index (χ4n) is 4.36. The van der Waals surface area contributed by atoms with Gasteiger partial charge in [-0.2, -0.15) is 13.8 Å². The van der Waals surface area contributed by atoms with E-state index in [-0.39, 0.29) is 18.1 Å². The molecule has 8 nitrogen and oxygen atoms in total. The summed E-state index contributed by atoms with van der Waals surface area (Å²) in [6.45, 7) is 2.80. The summed E-state index contributed by atoms with van der Waals surface area (Å²) >= 11 is 0. The first kappa shape index (κ1) is 22.4. The van der Waals surface area contributed by atoms with Gasteiger partial charge in [0, 0.05) is 56.6 Å². The van der Waals surface area contributed by atoms with Crippen LogP contribution in [0.5, 0.6) is 5.75 Å². The number of alkyl halides is 3. The van der Waals surface area contributed by atoms with E-state index in [1.165, 1.54) is 18.7 Å². The summed E-state index contributed by atoms with van der Waals surface area (Å²) in [5.41, 5.74) is 6.64. The fraction of sp³-hybridized carbons (Fsp3) is 0.571. The average molecular weight is 451 g/mol. The number of aromatic nitrogens is 3. The third-order valence-electron chi connectivity index (χ3n) is 6.02. The van der Waals surface area contributed by atoms with E-state index in [1.54, 1.807) is 4.90 Å². The van der Waals surface area contributed by atoms with Crippen molar-refractivity contribution in [1.82, 2.24) is 19.9 Å². The standard InChI is InChI=1S/C21H28F3N7O/c1-2-29(7-5-22)21-27-16(14-10-17(32-20(23)24)19(25)26-12-14)11-18(28-21)31-9-8-30-6-3-4-15(30)13-31/h10-12,15,20H,2-9,13H2,1H3,(H2,25,26). The van der Waals surface area contributed by atoms with Gasteiger partial charge < -0.3 is 20.3 Å². The van der Waals surface area contributed by atoms with Crippen LogP contribution in [0.2, 0.25) is 0 Å². The number of hydrogen-bond acceptors (Lipinski definition) is 8. The first-order valence-electron chi connectivity index (χ1n) is 10.9. The van der Waals surface area contributed by atoms with Crippen LogP contribution >= 0.6 is 0 Å². The molecule has 0 saturated carbocycles. The molecule has 174 valence electrons. The first-order chi connectivity index (χ1) is 15.5. The molecule has 32 heavy (non-hydrogen) atoms. The molecule has 2 aromatic rings. The van der Waals surface area contributed by atoms with Crippen molar-refractivity contribution in [1.29, 1.82) is 0 Å². The predicted octanol–water partition coefficient (Wildman–Crippen LogP) is 2.80. The van der Waals surface area contributed by atoms with Crippen LogP contribution in [0.3, 0.4) is 0 Å². The van der Waals surface area contributed by atoms with Crippen LogP contribution < -0.4 is 20.3 Å². The third-order valence-corrected chi connectivity index (χ3v) is 6.02. The van der Waals surface area contributed by atoms with Gasteiger partial charge in [0.05, 0.1) is 5.69 Å². The Balaban J connectivity index is 1.72. The predicted molar refractivity (Wildman–Crippen MR) is 117 cm³/mol. The summed E-state index contributed by atoms with van der Waals surface area (Å²) in [6, 6.07) is 3.70. The first-order valence-corrected chi connectivity index (χ1v) is 10.9. The summed E-state index contributed by atoms with van der Waals surface area (Å²) in [5.74, 6) is 0.769. The molecule has 0 spiro atoms. The van der Waals surface area contributed by atoms with Crippen molar-refractivity contribution >= 4 is 17.6 Å². The number of nitrogen functional groups attached to an aromatic ring is 1. The molecule has 0 amide bonds. The van der Waals surface area contributed by atoms with Crippen LogP contribution in [0.25, 0.3) is 11.3 Å². The quantitative estimate of drug-likeness (QED) is 0.656. The lowest BCUT2D eigenvalue weighted by molar-refractivity contribution is -0.0494. The zero-order chi connectivity index (χ0) is 22.7. The molecule has 1 atom stereocenters. The second kappa shape index (κ2) is 9.76. The van der Waals surface area contributed by atoms with Gasteiger partial charge in [0.2, 0.25) is 5.95 Å². The van der Waals surface area contributed by atoms with Gasteiger partial charge in [-0.15, -0.1) is 0 Å². The molecule has 2 N–H and O–H groups in total. The minimum atomic E-state index is -3.02. The third kappa shape index (κ3) is 4.82. The van der Waals surface area contributed by atoms with E-state index in [9.17, 15) is 13.2 Å². The van der Waals surface area contributed by atoms with E-state index in [0.29, 0.717) is 29.8 Å². The highest BCUT2D eigenvalue weighted by Gasteiger charge is 2.31. The number of nitrogens with two attached hydrogens (primary N) is 1. The zero-order valence-corrected chi connectivity index (χ0v) is 18.1. The van der Waals surface area contributed by atoms with E-state index in [1.807, 2.05) is 13.0 Å². The normalized spacial score (nSPS) is 18.8. The summed E-state index contributed by atoms with van der Waals surface area (Å²) in [4.78, 5) is 19.8. The lowest BCUT2D eigenvalue weighted by atomic mass is 10.1. The monoisotopic (exact) mass is 451 g/mol. The van der Waals surface area contributed by atoms with Gasteiger partial charge in [-0.1, -0.05) is 0 Å². The van der Waals surface area contributed by atoms with Gasteiger partial charge in [0.25, 0.3) is 0 Å². The maximum Gasteiger partial charge on any atom is 0.387 e. The number of halogens is 3. The van der Waals surface area contributed by atoms with Crippen molar-refractivity contribution < 1.29 is 17.9 Å². The van der Waals surface area contributed by atoms with Crippen LogP contribution in [0.1, 0.15) is 19.8 Å². The number of ether oxygens (including phenoxy) is 1. The van der Waals surface area contributed by atoms with Crippen LogP contribution in [0.4, 0.5) is 30.8 Å². The van der Waals surface area contributed by atoms with Crippen LogP contribution in [-0.2, 0) is 0 Å². The lowest BCUT2D eigenvalue weighted by Crippen LogP contribution is -2.50. The largest absolute Gasteiger partial charge is 0.431 e. The molecule has 0 aromatic carbocycles. The van der Waals surface area contributed by atoms with Gasteiger partial charge in [-0.25, -0.2) is 14.4 Å². The maximum atomic E-state index is 13.1. The van der Waals surface area contributed by atoms with E-state index >= 15 is 0 Å². The van der Waals surface area contributed by atoms with E-state index in [0.717, 1.165) is 38.4 Å². The molecule has 0 radical (unpaired) electrons. The second-order valence-electron chi connectivity index (χ2n) is 7.94. The van der Waals surface area contributed by atoms with Crippen molar-refractivity contribution in [2.24, 2.45) is 0 Å². The van der Waals surface area contributed by atoms with Gasteiger partial charge in [0.1, 0.15) is 12.5 Å². The summed E-state index contributed by atoms with van der Waals surface area (Å²) < 4.78 is 43.2. The van der Waals surface area contributed by atoms with Gasteiger partial charge in [-0.05, 0) is 32.4 Å². The highest BCUT2D eigenvalue weighted by Crippen LogP contribution is 2.31. The Labute approximate surface area is 185 Å². The Hall–Kier alpha value is -2.82. The molecule has 4 heterocycles. The van der Waals surface area contributed by atoms with Crippen molar-refractivity contribution in [3.63, 3.8) is 0 Å². The Morgan fingerprint density at radius 3 is 2.84 bits per heavy atom. The topological polar surface area (TPSA) is 83.6 Å². The smallest absolute Gasteiger partial charge is 0.387 e. The Kier molecular flexibility index (Phi) is 6.83. The summed E-state index contributed by atoms with van der Waals surface area (Å²) in [7, 11) is 0. The van der Waals surface area contributed by atoms with Gasteiger partial charge >= 0.3 is 6.61 Å². The summed E-state index contributed by atoms with van der Waals surface area (Å²) in [5, 5.41) is 0. The van der Waals surface area contributed by atoms with E-state index < -0.39 is 13.3 Å². The minimum Gasteiger partial charge on any atom is -0.431 e. The molecule has 2 fully saturated rings. The zero-order valence-electron chi connectivity index (χ0n) is 18.1. The van der Waals surface area contributed by atoms with Crippen molar-refractivity contribution in [2.75, 3.05) is 61.5 Å². The molecular weight excluding hydrogens is 423 g/mol. The highest BCUT2D eigenvalue weighted by molar-refractivity contribution is 5.68. The number of anilines is 3. The Morgan fingerprint density at radius 2 is 2.09 bits per heavy atom. The van der Waals surface area contributed by atoms with Crippen LogP contribution in [0.15, 0.2) is 18.3 Å². The molecule has 0 bridgehead atoms. The van der Waals surface area contributed by atoms with Crippen molar-refractivity contribution in [3.05, 3.63) is 18.3 Å². The Bertz CT molecular complexity index is 932. The molecule has 4 rings (SSSR count). The minimum absolute atomic E-state index is 0.131. The van der Waals surface area contributed by atoms with E-state index in [4.69, 9.17) is 10.7 Å². The molecule has 11 heteroatoms. The molecular formula is C21H28F3N7O. The number of rotatable bonds is 8. The SMILES string of the molecule is CCN(CCF)c1nc(-c2cnc(N)c(OC(F)F)c2)cc(N2CCN3CCCC3C2)n1. The van der Waals surface area contributed by atoms with Gasteiger partial charge in [0.15, 0.2) is 11.6 Å². The fourth-order valence-corrected chi connectivity index (χ4v) is 4.36. The number of nitrogens with zero attached hydrogens (tertiary/aromatic N) is 6. The molecule has 1 unspecified atom stereocenters. The maximum absolute atomic E-state index is 13.1. The lowest BCUT2D eigenvalue weighted by Gasteiger charge is -2.38. The van der Waals surface area contributed by atoms with Crippen molar-refractivity contribution in [2.45, 2.75) is 32.4 Å². The van der Waals surface area contributed by atoms with Gasteiger partial charge in [-0.3, -0.25) is 4.90 Å².